The summed E-state index contributed by atoms with van der Waals surface area (Å²) in [7, 11) is 0. The van der Waals surface area contributed by atoms with E-state index in [1.165, 1.54) is 5.56 Å². The van der Waals surface area contributed by atoms with E-state index in [4.69, 9.17) is 4.42 Å². The van der Waals surface area contributed by atoms with Crippen molar-refractivity contribution in [2.24, 2.45) is 0 Å². The molecule has 19 heavy (non-hydrogen) atoms. The first kappa shape index (κ1) is 11.7. The number of rotatable bonds is 3. The molecular formula is C17H14O2. The maximum Gasteiger partial charge on any atom is 0.196 e. The second-order valence-corrected chi connectivity index (χ2v) is 4.53. The van der Waals surface area contributed by atoms with Gasteiger partial charge in [0.25, 0.3) is 0 Å². The van der Waals surface area contributed by atoms with Gasteiger partial charge in [-0.1, -0.05) is 49.4 Å². The molecule has 0 radical (unpaired) electrons. The van der Waals surface area contributed by atoms with Crippen LogP contribution >= 0.6 is 0 Å². The molecule has 94 valence electrons. The van der Waals surface area contributed by atoms with Crippen LogP contribution in [-0.4, -0.2) is 5.78 Å². The van der Waals surface area contributed by atoms with Crippen molar-refractivity contribution in [3.8, 4) is 0 Å². The molecule has 1 heterocycles. The van der Waals surface area contributed by atoms with Crippen LogP contribution in [0.25, 0.3) is 11.0 Å². The number of benzene rings is 2. The molecule has 0 atom stereocenters. The fourth-order valence-corrected chi connectivity index (χ4v) is 2.20. The van der Waals surface area contributed by atoms with Gasteiger partial charge < -0.3 is 4.42 Å². The smallest absolute Gasteiger partial charge is 0.196 e. The Bertz CT molecular complexity index is 720. The summed E-state index contributed by atoms with van der Waals surface area (Å²) in [4.78, 5) is 12.5. The Morgan fingerprint density at radius 2 is 1.79 bits per heavy atom. The summed E-state index contributed by atoms with van der Waals surface area (Å²) in [5.74, 6) is 0.00704. The lowest BCUT2D eigenvalue weighted by molar-refractivity contribution is 0.103. The topological polar surface area (TPSA) is 30.2 Å². The first-order valence-corrected chi connectivity index (χ1v) is 6.39. The van der Waals surface area contributed by atoms with Crippen LogP contribution in [0.3, 0.4) is 0 Å². The Balaban J connectivity index is 2.03. The number of furan rings is 1. The van der Waals surface area contributed by atoms with Crippen molar-refractivity contribution >= 4 is 16.8 Å². The quantitative estimate of drug-likeness (QED) is 0.651. The lowest BCUT2D eigenvalue weighted by Crippen LogP contribution is -2.00. The van der Waals surface area contributed by atoms with Crippen molar-refractivity contribution in [2.75, 3.05) is 0 Å². The predicted molar refractivity (Wildman–Crippen MR) is 75.5 cm³/mol. The molecule has 0 aliphatic rings. The SMILES string of the molecule is CCc1ccc(C(=O)c2coc3ccccc23)cc1. The molecule has 0 unspecified atom stereocenters. The van der Waals surface area contributed by atoms with E-state index < -0.39 is 0 Å². The number of carbonyl (C=O) groups is 1. The van der Waals surface area contributed by atoms with Crippen LogP contribution in [0.5, 0.6) is 0 Å². The van der Waals surface area contributed by atoms with Gasteiger partial charge in [0, 0.05) is 10.9 Å². The highest BCUT2D eigenvalue weighted by Crippen LogP contribution is 2.23. The Kier molecular flexibility index (Phi) is 2.92. The zero-order valence-electron chi connectivity index (χ0n) is 10.7. The third kappa shape index (κ3) is 2.06. The van der Waals surface area contributed by atoms with E-state index in [0.717, 1.165) is 17.4 Å². The molecule has 3 rings (SSSR count). The van der Waals surface area contributed by atoms with E-state index in [1.54, 1.807) is 6.26 Å². The fraction of sp³-hybridized carbons (Fsp3) is 0.118. The lowest BCUT2D eigenvalue weighted by Gasteiger charge is -2.01. The van der Waals surface area contributed by atoms with Crippen molar-refractivity contribution in [3.63, 3.8) is 0 Å². The van der Waals surface area contributed by atoms with Gasteiger partial charge >= 0.3 is 0 Å². The van der Waals surface area contributed by atoms with Crippen LogP contribution in [0.4, 0.5) is 0 Å². The minimum Gasteiger partial charge on any atom is -0.464 e. The van der Waals surface area contributed by atoms with Gasteiger partial charge in [-0.3, -0.25) is 4.79 Å². The van der Waals surface area contributed by atoms with Gasteiger partial charge in [-0.25, -0.2) is 0 Å². The van der Waals surface area contributed by atoms with Crippen molar-refractivity contribution < 1.29 is 9.21 Å². The summed E-state index contributed by atoms with van der Waals surface area (Å²) >= 11 is 0. The number of aryl methyl sites for hydroxylation is 1. The Labute approximate surface area is 111 Å². The molecule has 3 aromatic rings. The summed E-state index contributed by atoms with van der Waals surface area (Å²) in [6.07, 6.45) is 2.52. The van der Waals surface area contributed by atoms with Gasteiger partial charge in [0.1, 0.15) is 11.8 Å². The number of hydrogen-bond acceptors (Lipinski definition) is 2. The largest absolute Gasteiger partial charge is 0.464 e. The molecule has 0 saturated carbocycles. The normalized spacial score (nSPS) is 10.8. The molecule has 0 saturated heterocycles. The van der Waals surface area contributed by atoms with Gasteiger partial charge in [-0.05, 0) is 18.1 Å². The predicted octanol–water partition coefficient (Wildman–Crippen LogP) is 4.23. The summed E-state index contributed by atoms with van der Waals surface area (Å²) in [6, 6.07) is 15.3. The number of hydrogen-bond donors (Lipinski definition) is 0. The molecule has 0 spiro atoms. The minimum absolute atomic E-state index is 0.00704. The molecular weight excluding hydrogens is 236 g/mol. The van der Waals surface area contributed by atoms with Crippen molar-refractivity contribution in [1.29, 1.82) is 0 Å². The Morgan fingerprint density at radius 1 is 1.05 bits per heavy atom. The van der Waals surface area contributed by atoms with Crippen LogP contribution in [0.15, 0.2) is 59.2 Å². The monoisotopic (exact) mass is 250 g/mol. The first-order chi connectivity index (χ1) is 9.29. The molecule has 0 fully saturated rings. The second kappa shape index (κ2) is 4.73. The highest BCUT2D eigenvalue weighted by Gasteiger charge is 2.15. The van der Waals surface area contributed by atoms with Gasteiger partial charge in [0.2, 0.25) is 0 Å². The summed E-state index contributed by atoms with van der Waals surface area (Å²) < 4.78 is 5.42. The van der Waals surface area contributed by atoms with Crippen LogP contribution < -0.4 is 0 Å². The van der Waals surface area contributed by atoms with Crippen LogP contribution in [0.1, 0.15) is 28.4 Å². The highest BCUT2D eigenvalue weighted by molar-refractivity contribution is 6.15. The molecule has 0 aliphatic carbocycles. The average molecular weight is 250 g/mol. The molecule has 2 aromatic carbocycles. The van der Waals surface area contributed by atoms with Gasteiger partial charge in [0.05, 0.1) is 5.56 Å². The number of fused-ring (bicyclic) bond motifs is 1. The second-order valence-electron chi connectivity index (χ2n) is 4.53. The van der Waals surface area contributed by atoms with E-state index in [1.807, 2.05) is 48.5 Å². The molecule has 1 aromatic heterocycles. The molecule has 2 nitrogen and oxygen atoms in total. The Morgan fingerprint density at radius 3 is 2.53 bits per heavy atom. The maximum atomic E-state index is 12.5. The van der Waals surface area contributed by atoms with Crippen molar-refractivity contribution in [1.82, 2.24) is 0 Å². The lowest BCUT2D eigenvalue weighted by atomic mass is 10.0. The van der Waals surface area contributed by atoms with E-state index in [9.17, 15) is 4.79 Å². The van der Waals surface area contributed by atoms with E-state index in [0.29, 0.717) is 11.1 Å². The minimum atomic E-state index is 0.00704. The molecule has 0 N–H and O–H groups in total. The van der Waals surface area contributed by atoms with E-state index in [-0.39, 0.29) is 5.78 Å². The average Bonchev–Trinajstić information content (AvgIpc) is 2.90. The van der Waals surface area contributed by atoms with E-state index >= 15 is 0 Å². The van der Waals surface area contributed by atoms with Crippen molar-refractivity contribution in [2.45, 2.75) is 13.3 Å². The molecule has 2 heteroatoms. The van der Waals surface area contributed by atoms with Gasteiger partial charge in [-0.2, -0.15) is 0 Å². The van der Waals surface area contributed by atoms with E-state index in [2.05, 4.69) is 6.92 Å². The highest BCUT2D eigenvalue weighted by atomic mass is 16.3. The summed E-state index contributed by atoms with van der Waals surface area (Å²) in [5, 5.41) is 0.868. The van der Waals surface area contributed by atoms with Gasteiger partial charge in [-0.15, -0.1) is 0 Å². The third-order valence-electron chi connectivity index (χ3n) is 3.35. The van der Waals surface area contributed by atoms with Crippen molar-refractivity contribution in [3.05, 3.63) is 71.5 Å². The standard InChI is InChI=1S/C17H14O2/c1-2-12-7-9-13(10-8-12)17(18)15-11-19-16-6-4-3-5-14(15)16/h3-11H,2H2,1H3. The number of ketones is 1. The number of carbonyl (C=O) groups excluding carboxylic acids is 1. The number of para-hydroxylation sites is 1. The van der Waals surface area contributed by atoms with Crippen LogP contribution in [0.2, 0.25) is 0 Å². The zero-order chi connectivity index (χ0) is 13.2. The third-order valence-corrected chi connectivity index (χ3v) is 3.35. The van der Waals surface area contributed by atoms with Crippen LogP contribution in [0, 0.1) is 0 Å². The summed E-state index contributed by atoms with van der Waals surface area (Å²) in [5.41, 5.74) is 3.30. The summed E-state index contributed by atoms with van der Waals surface area (Å²) in [6.45, 7) is 2.10. The molecule has 0 amide bonds. The van der Waals surface area contributed by atoms with Crippen LogP contribution in [-0.2, 0) is 6.42 Å². The maximum absolute atomic E-state index is 12.5. The van der Waals surface area contributed by atoms with Gasteiger partial charge in [0.15, 0.2) is 5.78 Å². The zero-order valence-corrected chi connectivity index (χ0v) is 10.7. The Hall–Kier alpha value is -2.35. The fourth-order valence-electron chi connectivity index (χ4n) is 2.20. The first-order valence-electron chi connectivity index (χ1n) is 6.39. The molecule has 0 bridgehead atoms. The molecule has 0 aliphatic heterocycles.